The van der Waals surface area contributed by atoms with Crippen LogP contribution in [0.4, 0.5) is 5.69 Å². The van der Waals surface area contributed by atoms with Crippen LogP contribution in [0, 0.1) is 0 Å². The fourth-order valence-corrected chi connectivity index (χ4v) is 3.18. The fraction of sp³-hybridized carbons (Fsp3) is 0.250. The summed E-state index contributed by atoms with van der Waals surface area (Å²) >= 11 is 11.7. The molecule has 1 aromatic carbocycles. The Hall–Kier alpha value is -1.28. The molecule has 21 heavy (non-hydrogen) atoms. The van der Waals surface area contributed by atoms with Crippen LogP contribution in [0.2, 0.25) is 10.0 Å². The van der Waals surface area contributed by atoms with Crippen molar-refractivity contribution in [3.8, 4) is 0 Å². The second-order valence-corrected chi connectivity index (χ2v) is 6.84. The number of nitrogens with two attached hydrogens (primary N) is 1. The summed E-state index contributed by atoms with van der Waals surface area (Å²) in [5, 5.41) is 4.64. The van der Waals surface area contributed by atoms with Crippen LogP contribution in [0.15, 0.2) is 35.5 Å². The first kappa shape index (κ1) is 16.1. The summed E-state index contributed by atoms with van der Waals surface area (Å²) in [6, 6.07) is 4.52. The first-order valence-electron chi connectivity index (χ1n) is 6.13. The number of aromatic nitrogens is 2. The summed E-state index contributed by atoms with van der Waals surface area (Å²) in [6.07, 6.45) is 3.45. The normalized spacial score (nSPS) is 11.6. The highest BCUT2D eigenvalue weighted by molar-refractivity contribution is 7.92. The molecule has 0 saturated carbocycles. The van der Waals surface area contributed by atoms with Gasteiger partial charge in [0.25, 0.3) is 10.0 Å². The van der Waals surface area contributed by atoms with Crippen molar-refractivity contribution in [1.82, 2.24) is 9.78 Å². The maximum atomic E-state index is 12.2. The van der Waals surface area contributed by atoms with Crippen molar-refractivity contribution in [2.45, 2.75) is 17.9 Å². The third-order valence-electron chi connectivity index (χ3n) is 2.69. The van der Waals surface area contributed by atoms with Crippen LogP contribution in [-0.4, -0.2) is 24.7 Å². The molecule has 0 aliphatic heterocycles. The minimum atomic E-state index is -3.74. The Morgan fingerprint density at radius 2 is 2.10 bits per heavy atom. The Balaban J connectivity index is 2.19. The van der Waals surface area contributed by atoms with Gasteiger partial charge in [-0.2, -0.15) is 5.10 Å². The first-order chi connectivity index (χ1) is 9.92. The lowest BCUT2D eigenvalue weighted by Crippen LogP contribution is -2.12. The minimum Gasteiger partial charge on any atom is -0.330 e. The highest BCUT2D eigenvalue weighted by Gasteiger charge is 2.18. The van der Waals surface area contributed by atoms with Gasteiger partial charge in [-0.15, -0.1) is 0 Å². The largest absolute Gasteiger partial charge is 0.330 e. The maximum Gasteiger partial charge on any atom is 0.265 e. The van der Waals surface area contributed by atoms with Crippen molar-refractivity contribution in [3.63, 3.8) is 0 Å². The Labute approximate surface area is 132 Å². The van der Waals surface area contributed by atoms with E-state index >= 15 is 0 Å². The molecule has 0 unspecified atom stereocenters. The number of nitrogens with one attached hydrogen (secondary N) is 1. The smallest absolute Gasteiger partial charge is 0.265 e. The summed E-state index contributed by atoms with van der Waals surface area (Å²) in [4.78, 5) is 0.0607. The summed E-state index contributed by atoms with van der Waals surface area (Å²) in [5.74, 6) is 0. The minimum absolute atomic E-state index is 0.0607. The molecule has 0 fully saturated rings. The van der Waals surface area contributed by atoms with Gasteiger partial charge in [0.2, 0.25) is 0 Å². The van der Waals surface area contributed by atoms with Crippen LogP contribution in [0.3, 0.4) is 0 Å². The molecule has 2 aromatic rings. The van der Waals surface area contributed by atoms with Crippen molar-refractivity contribution in [1.29, 1.82) is 0 Å². The Morgan fingerprint density at radius 3 is 2.76 bits per heavy atom. The lowest BCUT2D eigenvalue weighted by Gasteiger charge is -2.08. The zero-order valence-electron chi connectivity index (χ0n) is 11.0. The quantitative estimate of drug-likeness (QED) is 0.838. The molecule has 0 radical (unpaired) electrons. The van der Waals surface area contributed by atoms with E-state index in [0.29, 0.717) is 18.1 Å². The third-order valence-corrected chi connectivity index (χ3v) is 4.55. The van der Waals surface area contributed by atoms with E-state index in [1.165, 1.54) is 29.2 Å². The van der Waals surface area contributed by atoms with Gasteiger partial charge in [-0.25, -0.2) is 8.42 Å². The van der Waals surface area contributed by atoms with Crippen LogP contribution in [0.1, 0.15) is 6.42 Å². The Bertz CT molecular complexity index is 731. The van der Waals surface area contributed by atoms with Crippen molar-refractivity contribution in [2.24, 2.45) is 5.73 Å². The molecular formula is C12H14Cl2N4O2S. The molecule has 3 N–H and O–H groups in total. The molecule has 0 aliphatic carbocycles. The number of benzene rings is 1. The number of sulfonamides is 1. The maximum absolute atomic E-state index is 12.2. The number of hydrogen-bond donors (Lipinski definition) is 2. The average molecular weight is 349 g/mol. The van der Waals surface area contributed by atoms with Gasteiger partial charge >= 0.3 is 0 Å². The molecule has 0 aliphatic rings. The number of halogens is 2. The van der Waals surface area contributed by atoms with Gasteiger partial charge in [0.1, 0.15) is 4.90 Å². The van der Waals surface area contributed by atoms with Crippen LogP contribution in [0.5, 0.6) is 0 Å². The summed E-state index contributed by atoms with van der Waals surface area (Å²) in [7, 11) is -3.74. The highest BCUT2D eigenvalue weighted by atomic mass is 35.5. The molecular weight excluding hydrogens is 335 g/mol. The predicted molar refractivity (Wildman–Crippen MR) is 83.2 cm³/mol. The zero-order valence-corrected chi connectivity index (χ0v) is 13.3. The molecule has 114 valence electrons. The standard InChI is InChI=1S/C12H14Cl2N4O2S/c13-9-2-3-12(11(14)6-9)17-21(19,20)10-7-16-18(8-10)5-1-4-15/h2-3,6-8,17H,1,4-5,15H2. The summed E-state index contributed by atoms with van der Waals surface area (Å²) in [6.45, 7) is 1.08. The van der Waals surface area contributed by atoms with E-state index in [1.807, 2.05) is 0 Å². The number of nitrogens with zero attached hydrogens (tertiary/aromatic N) is 2. The monoisotopic (exact) mass is 348 g/mol. The van der Waals surface area contributed by atoms with E-state index in [2.05, 4.69) is 9.82 Å². The summed E-state index contributed by atoms with van der Waals surface area (Å²) < 4.78 is 28.4. The summed E-state index contributed by atoms with van der Waals surface area (Å²) in [5.41, 5.74) is 5.66. The van der Waals surface area contributed by atoms with Crippen molar-refractivity contribution in [3.05, 3.63) is 40.6 Å². The predicted octanol–water partition coefficient (Wildman–Crippen LogP) is 2.34. The van der Waals surface area contributed by atoms with Crippen LogP contribution in [-0.2, 0) is 16.6 Å². The number of anilines is 1. The highest BCUT2D eigenvalue weighted by Crippen LogP contribution is 2.27. The first-order valence-corrected chi connectivity index (χ1v) is 8.36. The Kier molecular flexibility index (Phi) is 5.10. The number of rotatable bonds is 6. The zero-order chi connectivity index (χ0) is 15.5. The molecule has 0 saturated heterocycles. The second kappa shape index (κ2) is 6.65. The number of aryl methyl sites for hydroxylation is 1. The second-order valence-electron chi connectivity index (χ2n) is 4.31. The lowest BCUT2D eigenvalue weighted by molar-refractivity contribution is 0.582. The molecule has 0 atom stereocenters. The lowest BCUT2D eigenvalue weighted by atomic mass is 10.3. The van der Waals surface area contributed by atoms with Crippen molar-refractivity contribution >= 4 is 38.9 Å². The van der Waals surface area contributed by atoms with E-state index < -0.39 is 10.0 Å². The Morgan fingerprint density at radius 1 is 1.33 bits per heavy atom. The van der Waals surface area contributed by atoms with Crippen LogP contribution >= 0.6 is 23.2 Å². The molecule has 6 nitrogen and oxygen atoms in total. The molecule has 2 rings (SSSR count). The topological polar surface area (TPSA) is 90.0 Å². The third kappa shape index (κ3) is 4.10. The van der Waals surface area contributed by atoms with E-state index in [-0.39, 0.29) is 15.6 Å². The van der Waals surface area contributed by atoms with Crippen LogP contribution in [0.25, 0.3) is 0 Å². The van der Waals surface area contributed by atoms with Crippen LogP contribution < -0.4 is 10.5 Å². The number of hydrogen-bond acceptors (Lipinski definition) is 4. The van der Waals surface area contributed by atoms with Crippen molar-refractivity contribution < 1.29 is 8.42 Å². The van der Waals surface area contributed by atoms with E-state index in [9.17, 15) is 8.42 Å². The van der Waals surface area contributed by atoms with Gasteiger partial charge in [0, 0.05) is 17.8 Å². The van der Waals surface area contributed by atoms with E-state index in [0.717, 1.165) is 6.42 Å². The van der Waals surface area contributed by atoms with Gasteiger partial charge in [-0.3, -0.25) is 9.40 Å². The fourth-order valence-electron chi connectivity index (χ4n) is 1.63. The van der Waals surface area contributed by atoms with Gasteiger partial charge in [0.05, 0.1) is 16.9 Å². The van der Waals surface area contributed by atoms with E-state index in [4.69, 9.17) is 28.9 Å². The van der Waals surface area contributed by atoms with Gasteiger partial charge < -0.3 is 5.73 Å². The molecule has 0 amide bonds. The van der Waals surface area contributed by atoms with Gasteiger partial charge in [-0.1, -0.05) is 23.2 Å². The van der Waals surface area contributed by atoms with E-state index in [1.54, 1.807) is 6.07 Å². The molecule has 1 heterocycles. The molecule has 0 bridgehead atoms. The average Bonchev–Trinajstić information content (AvgIpc) is 2.89. The van der Waals surface area contributed by atoms with Gasteiger partial charge in [0.15, 0.2) is 0 Å². The SMILES string of the molecule is NCCCn1cc(S(=O)(=O)Nc2ccc(Cl)cc2Cl)cn1. The molecule has 1 aromatic heterocycles. The molecule has 9 heteroatoms. The van der Waals surface area contributed by atoms with Gasteiger partial charge in [-0.05, 0) is 31.2 Å². The van der Waals surface area contributed by atoms with Crippen molar-refractivity contribution in [2.75, 3.05) is 11.3 Å². The molecule has 0 spiro atoms.